The van der Waals surface area contributed by atoms with Crippen LogP contribution in [0.1, 0.15) is 16.8 Å². The van der Waals surface area contributed by atoms with Gasteiger partial charge in [0.05, 0.1) is 6.21 Å². The maximum absolute atomic E-state index is 11.8. The lowest BCUT2D eigenvalue weighted by molar-refractivity contribution is 0.720. The molecular weight excluding hydrogens is 248 g/mol. The SMILES string of the molecule is Cc1cccc(/C=N/n2c(=S)[nH]nc(C)c2=O)c1. The number of rotatable bonds is 2. The van der Waals surface area contributed by atoms with E-state index in [0.717, 1.165) is 15.8 Å². The summed E-state index contributed by atoms with van der Waals surface area (Å²) in [4.78, 5) is 11.8. The lowest BCUT2D eigenvalue weighted by Gasteiger charge is -1.99. The second-order valence-corrected chi connectivity index (χ2v) is 4.28. The Morgan fingerprint density at radius 3 is 2.94 bits per heavy atom. The van der Waals surface area contributed by atoms with Gasteiger partial charge in [-0.05, 0) is 31.6 Å². The first-order valence-corrected chi connectivity index (χ1v) is 5.78. The van der Waals surface area contributed by atoms with Crippen LogP contribution in [0.15, 0.2) is 34.2 Å². The van der Waals surface area contributed by atoms with Crippen LogP contribution in [0.5, 0.6) is 0 Å². The lowest BCUT2D eigenvalue weighted by Crippen LogP contribution is -2.22. The van der Waals surface area contributed by atoms with Crippen LogP contribution in [-0.4, -0.2) is 21.1 Å². The zero-order chi connectivity index (χ0) is 13.1. The molecule has 92 valence electrons. The maximum Gasteiger partial charge on any atom is 0.296 e. The van der Waals surface area contributed by atoms with Crippen molar-refractivity contribution in [3.63, 3.8) is 0 Å². The predicted molar refractivity (Wildman–Crippen MR) is 72.6 cm³/mol. The van der Waals surface area contributed by atoms with Gasteiger partial charge in [-0.3, -0.25) is 9.89 Å². The second kappa shape index (κ2) is 5.05. The molecule has 6 heteroatoms. The van der Waals surface area contributed by atoms with Crippen LogP contribution in [0.3, 0.4) is 0 Å². The number of aromatic nitrogens is 3. The Kier molecular flexibility index (Phi) is 3.47. The fourth-order valence-corrected chi connectivity index (χ4v) is 1.63. The maximum atomic E-state index is 11.8. The van der Waals surface area contributed by atoms with Gasteiger partial charge in [0, 0.05) is 0 Å². The van der Waals surface area contributed by atoms with Crippen LogP contribution >= 0.6 is 12.2 Å². The quantitative estimate of drug-likeness (QED) is 0.661. The molecule has 0 amide bonds. The van der Waals surface area contributed by atoms with Gasteiger partial charge in [-0.25, -0.2) is 0 Å². The highest BCUT2D eigenvalue weighted by Crippen LogP contribution is 2.01. The predicted octanol–water partition coefficient (Wildman–Crippen LogP) is 1.80. The van der Waals surface area contributed by atoms with E-state index in [1.807, 2.05) is 31.2 Å². The first-order chi connectivity index (χ1) is 8.58. The van der Waals surface area contributed by atoms with Crippen molar-refractivity contribution in [2.24, 2.45) is 5.10 Å². The zero-order valence-corrected chi connectivity index (χ0v) is 10.9. The summed E-state index contributed by atoms with van der Waals surface area (Å²) < 4.78 is 1.30. The molecule has 1 aromatic heterocycles. The van der Waals surface area contributed by atoms with Crippen LogP contribution in [0.25, 0.3) is 0 Å². The average molecular weight is 260 g/mol. The number of H-pyrrole nitrogens is 1. The molecule has 2 aromatic rings. The van der Waals surface area contributed by atoms with Crippen LogP contribution in [0.2, 0.25) is 0 Å². The molecule has 0 unspecified atom stereocenters. The number of benzene rings is 1. The van der Waals surface area contributed by atoms with E-state index in [0.29, 0.717) is 5.69 Å². The molecule has 18 heavy (non-hydrogen) atoms. The van der Waals surface area contributed by atoms with Gasteiger partial charge in [0.25, 0.3) is 5.56 Å². The third kappa shape index (κ3) is 2.60. The van der Waals surface area contributed by atoms with E-state index in [-0.39, 0.29) is 10.3 Å². The fourth-order valence-electron chi connectivity index (χ4n) is 1.45. The van der Waals surface area contributed by atoms with Gasteiger partial charge >= 0.3 is 0 Å². The summed E-state index contributed by atoms with van der Waals surface area (Å²) in [5.41, 5.74) is 2.04. The van der Waals surface area contributed by atoms with Gasteiger partial charge in [-0.1, -0.05) is 29.8 Å². The number of nitrogens with zero attached hydrogens (tertiary/aromatic N) is 3. The third-order valence-corrected chi connectivity index (χ3v) is 2.64. The van der Waals surface area contributed by atoms with E-state index in [1.54, 1.807) is 13.1 Å². The highest BCUT2D eigenvalue weighted by Gasteiger charge is 2.00. The topological polar surface area (TPSA) is 63.0 Å². The van der Waals surface area contributed by atoms with Crippen molar-refractivity contribution in [1.29, 1.82) is 0 Å². The molecule has 0 aliphatic rings. The van der Waals surface area contributed by atoms with Crippen molar-refractivity contribution in [1.82, 2.24) is 14.9 Å². The van der Waals surface area contributed by atoms with E-state index in [9.17, 15) is 4.79 Å². The van der Waals surface area contributed by atoms with Crippen LogP contribution in [-0.2, 0) is 0 Å². The molecule has 0 saturated heterocycles. The summed E-state index contributed by atoms with van der Waals surface area (Å²) in [5.74, 6) is 0. The van der Waals surface area contributed by atoms with Gasteiger partial charge in [0.2, 0.25) is 4.77 Å². The molecular formula is C12H12N4OS. The Balaban J connectivity index is 2.44. The standard InChI is InChI=1S/C12H12N4OS/c1-8-4-3-5-10(6-8)7-13-16-11(17)9(2)14-15-12(16)18/h3-7H,1-2H3,(H,15,18)/b13-7+. The average Bonchev–Trinajstić information content (AvgIpc) is 2.34. The Morgan fingerprint density at radius 2 is 2.22 bits per heavy atom. The first-order valence-electron chi connectivity index (χ1n) is 5.37. The normalized spacial score (nSPS) is 11.0. The molecule has 0 fully saturated rings. The molecule has 0 spiro atoms. The smallest absolute Gasteiger partial charge is 0.265 e. The van der Waals surface area contributed by atoms with Gasteiger partial charge in [0.1, 0.15) is 5.69 Å². The molecule has 0 radical (unpaired) electrons. The summed E-state index contributed by atoms with van der Waals surface area (Å²) in [7, 11) is 0. The molecule has 1 N–H and O–H groups in total. The highest BCUT2D eigenvalue weighted by molar-refractivity contribution is 7.71. The van der Waals surface area contributed by atoms with Crippen molar-refractivity contribution >= 4 is 18.4 Å². The zero-order valence-electron chi connectivity index (χ0n) is 10.0. The minimum Gasteiger partial charge on any atom is -0.265 e. The van der Waals surface area contributed by atoms with Gasteiger partial charge < -0.3 is 0 Å². The van der Waals surface area contributed by atoms with E-state index < -0.39 is 0 Å². The first kappa shape index (κ1) is 12.4. The van der Waals surface area contributed by atoms with Crippen molar-refractivity contribution < 1.29 is 0 Å². The van der Waals surface area contributed by atoms with E-state index in [4.69, 9.17) is 12.2 Å². The second-order valence-electron chi connectivity index (χ2n) is 3.89. The third-order valence-electron chi connectivity index (χ3n) is 2.38. The van der Waals surface area contributed by atoms with E-state index in [2.05, 4.69) is 15.3 Å². The summed E-state index contributed by atoms with van der Waals surface area (Å²) in [6, 6.07) is 7.79. The minimum absolute atomic E-state index is 0.175. The Hall–Kier alpha value is -2.08. The molecule has 5 nitrogen and oxygen atoms in total. The Morgan fingerprint density at radius 1 is 1.44 bits per heavy atom. The number of hydrogen-bond donors (Lipinski definition) is 1. The van der Waals surface area contributed by atoms with Crippen LogP contribution < -0.4 is 5.56 Å². The fraction of sp³-hybridized carbons (Fsp3) is 0.167. The minimum atomic E-state index is -0.317. The molecule has 1 aromatic carbocycles. The van der Waals surface area contributed by atoms with Gasteiger partial charge in [-0.15, -0.1) is 0 Å². The largest absolute Gasteiger partial charge is 0.296 e. The summed E-state index contributed by atoms with van der Waals surface area (Å²) >= 11 is 4.97. The molecule has 0 saturated carbocycles. The Labute approximate surface area is 109 Å². The molecule has 0 bridgehead atoms. The van der Waals surface area contributed by atoms with E-state index >= 15 is 0 Å². The number of aromatic amines is 1. The number of nitrogens with one attached hydrogen (secondary N) is 1. The molecule has 0 atom stereocenters. The molecule has 1 heterocycles. The highest BCUT2D eigenvalue weighted by atomic mass is 32.1. The number of aryl methyl sites for hydroxylation is 2. The molecule has 0 aliphatic heterocycles. The van der Waals surface area contributed by atoms with Gasteiger partial charge in [-0.2, -0.15) is 14.9 Å². The summed E-state index contributed by atoms with van der Waals surface area (Å²) in [6.07, 6.45) is 1.59. The summed E-state index contributed by atoms with van der Waals surface area (Å²) in [6.45, 7) is 3.60. The van der Waals surface area contributed by atoms with Crippen molar-refractivity contribution in [2.75, 3.05) is 0 Å². The van der Waals surface area contributed by atoms with Crippen LogP contribution in [0.4, 0.5) is 0 Å². The molecule has 0 aliphatic carbocycles. The monoisotopic (exact) mass is 260 g/mol. The van der Waals surface area contributed by atoms with Crippen molar-refractivity contribution in [3.05, 3.63) is 56.2 Å². The lowest BCUT2D eigenvalue weighted by atomic mass is 10.2. The summed E-state index contributed by atoms with van der Waals surface area (Å²) in [5, 5.41) is 10.4. The Bertz CT molecular complexity index is 715. The van der Waals surface area contributed by atoms with Crippen molar-refractivity contribution in [2.45, 2.75) is 13.8 Å². The van der Waals surface area contributed by atoms with Crippen LogP contribution in [0, 0.1) is 18.6 Å². The molecule has 2 rings (SSSR count). The number of hydrogen-bond acceptors (Lipinski definition) is 4. The van der Waals surface area contributed by atoms with Crippen molar-refractivity contribution in [3.8, 4) is 0 Å². The van der Waals surface area contributed by atoms with Gasteiger partial charge in [0.15, 0.2) is 0 Å². The van der Waals surface area contributed by atoms with E-state index in [1.165, 1.54) is 0 Å².